The number of amides is 2. The Morgan fingerprint density at radius 1 is 1.03 bits per heavy atom. The highest BCUT2D eigenvalue weighted by molar-refractivity contribution is 6.08. The van der Waals surface area contributed by atoms with E-state index in [2.05, 4.69) is 20.8 Å². The molecule has 0 atom stereocenters. The predicted molar refractivity (Wildman–Crippen MR) is 131 cm³/mol. The highest BCUT2D eigenvalue weighted by Gasteiger charge is 2.48. The van der Waals surface area contributed by atoms with Crippen molar-refractivity contribution >= 4 is 29.1 Å². The number of carbonyl (C=O) groups excluding carboxylic acids is 2. The lowest BCUT2D eigenvalue weighted by Gasteiger charge is -2.45. The van der Waals surface area contributed by atoms with Gasteiger partial charge in [-0.1, -0.05) is 60.3 Å². The molecule has 34 heavy (non-hydrogen) atoms. The van der Waals surface area contributed by atoms with Gasteiger partial charge in [-0.15, -0.1) is 0 Å². The average molecular weight is 462 g/mol. The number of nitrogens with zero attached hydrogens (tertiary/aromatic N) is 5. The maximum absolute atomic E-state index is 14.1. The van der Waals surface area contributed by atoms with Crippen molar-refractivity contribution in [2.75, 3.05) is 16.0 Å². The second kappa shape index (κ2) is 9.62. The number of hydrogen-bond donors (Lipinski definition) is 2. The third kappa shape index (κ3) is 4.50. The summed E-state index contributed by atoms with van der Waals surface area (Å²) in [7, 11) is 0. The molecule has 1 fully saturated rings. The molecule has 0 aliphatic heterocycles. The molecule has 0 unspecified atom stereocenters. The van der Waals surface area contributed by atoms with E-state index in [1.165, 1.54) is 4.68 Å². The van der Waals surface area contributed by atoms with Crippen molar-refractivity contribution < 1.29 is 9.59 Å². The van der Waals surface area contributed by atoms with Crippen LogP contribution in [0.4, 0.5) is 17.3 Å². The molecule has 0 radical (unpaired) electrons. The summed E-state index contributed by atoms with van der Waals surface area (Å²) >= 11 is 0. The monoisotopic (exact) mass is 461 g/mol. The zero-order valence-corrected chi connectivity index (χ0v) is 19.9. The van der Waals surface area contributed by atoms with Crippen LogP contribution in [0.15, 0.2) is 42.5 Å². The molecule has 1 aliphatic carbocycles. The Labute approximate surface area is 199 Å². The van der Waals surface area contributed by atoms with Gasteiger partial charge in [0.05, 0.1) is 0 Å². The van der Waals surface area contributed by atoms with Gasteiger partial charge in [0, 0.05) is 11.4 Å². The van der Waals surface area contributed by atoms with Crippen LogP contribution in [-0.2, 0) is 16.1 Å². The van der Waals surface area contributed by atoms with E-state index in [0.29, 0.717) is 18.5 Å². The van der Waals surface area contributed by atoms with Gasteiger partial charge in [-0.2, -0.15) is 0 Å². The van der Waals surface area contributed by atoms with Gasteiger partial charge in [-0.3, -0.25) is 14.5 Å². The summed E-state index contributed by atoms with van der Waals surface area (Å²) in [5.74, 6) is -0.417. The molecule has 0 spiro atoms. The summed E-state index contributed by atoms with van der Waals surface area (Å²) in [6.07, 6.45) is 3.85. The van der Waals surface area contributed by atoms with Gasteiger partial charge in [0.2, 0.25) is 11.9 Å². The largest absolute Gasteiger partial charge is 0.367 e. The highest BCUT2D eigenvalue weighted by Crippen LogP contribution is 2.39. The summed E-state index contributed by atoms with van der Waals surface area (Å²) in [4.78, 5) is 29.5. The van der Waals surface area contributed by atoms with Crippen molar-refractivity contribution in [1.29, 1.82) is 0 Å². The third-order valence-electron chi connectivity index (χ3n) is 6.64. The van der Waals surface area contributed by atoms with E-state index in [-0.39, 0.29) is 24.3 Å². The predicted octanol–water partition coefficient (Wildman–Crippen LogP) is 3.56. The van der Waals surface area contributed by atoms with Gasteiger partial charge >= 0.3 is 0 Å². The zero-order chi connectivity index (χ0) is 24.3. The second-order valence-corrected chi connectivity index (χ2v) is 9.07. The standard InChI is InChI=1S/C25H31N7O2/c1-17-10-12-20(13-11-17)32(21(33)16-31-24(26)28-29-30-31)25(14-5-4-6-15-25)23(34)27-22-18(2)8-7-9-19(22)3/h7-13H,4-6,14-16H2,1-3H3,(H,27,34)(H2,26,28,30). The molecular formula is C25H31N7O2. The van der Waals surface area contributed by atoms with E-state index in [4.69, 9.17) is 5.73 Å². The van der Waals surface area contributed by atoms with Crippen molar-refractivity contribution in [3.8, 4) is 0 Å². The minimum atomic E-state index is -1.04. The first kappa shape index (κ1) is 23.4. The molecule has 9 heteroatoms. The van der Waals surface area contributed by atoms with E-state index >= 15 is 0 Å². The number of rotatable bonds is 6. The first-order chi connectivity index (χ1) is 16.3. The van der Waals surface area contributed by atoms with E-state index in [1.54, 1.807) is 4.90 Å². The molecule has 2 amide bonds. The number of hydrogen-bond acceptors (Lipinski definition) is 6. The maximum atomic E-state index is 14.1. The molecule has 0 bridgehead atoms. The number of aromatic nitrogens is 4. The number of benzene rings is 2. The molecule has 4 rings (SSSR count). The quantitative estimate of drug-likeness (QED) is 0.579. The number of tetrazole rings is 1. The highest BCUT2D eigenvalue weighted by atomic mass is 16.2. The lowest BCUT2D eigenvalue weighted by atomic mass is 9.78. The molecule has 3 aromatic rings. The van der Waals surface area contributed by atoms with Crippen molar-refractivity contribution in [3.05, 3.63) is 59.2 Å². The van der Waals surface area contributed by atoms with Gasteiger partial charge < -0.3 is 11.1 Å². The van der Waals surface area contributed by atoms with Crippen LogP contribution < -0.4 is 16.0 Å². The molecule has 0 saturated heterocycles. The molecule has 1 saturated carbocycles. The number of nitrogens with one attached hydrogen (secondary N) is 1. The number of nitrogen functional groups attached to an aromatic ring is 1. The van der Waals surface area contributed by atoms with E-state index in [1.807, 2.05) is 63.2 Å². The van der Waals surface area contributed by atoms with Gasteiger partial charge in [-0.25, -0.2) is 4.68 Å². The fraction of sp³-hybridized carbons (Fsp3) is 0.400. The molecule has 3 N–H and O–H groups in total. The summed E-state index contributed by atoms with van der Waals surface area (Å²) in [6.45, 7) is 5.77. The Bertz CT molecular complexity index is 1160. The van der Waals surface area contributed by atoms with E-state index in [9.17, 15) is 9.59 Å². The van der Waals surface area contributed by atoms with Gasteiger partial charge in [0.25, 0.3) is 5.91 Å². The fourth-order valence-corrected chi connectivity index (χ4v) is 4.78. The fourth-order valence-electron chi connectivity index (χ4n) is 4.78. The minimum absolute atomic E-state index is 0.0508. The first-order valence-corrected chi connectivity index (χ1v) is 11.6. The van der Waals surface area contributed by atoms with Crippen LogP contribution in [0.25, 0.3) is 0 Å². The normalized spacial score (nSPS) is 15.0. The van der Waals surface area contributed by atoms with Crippen molar-refractivity contribution in [1.82, 2.24) is 20.2 Å². The Morgan fingerprint density at radius 3 is 2.26 bits per heavy atom. The van der Waals surface area contributed by atoms with Gasteiger partial charge in [0.15, 0.2) is 0 Å². The second-order valence-electron chi connectivity index (χ2n) is 9.07. The van der Waals surface area contributed by atoms with Crippen LogP contribution in [0.1, 0.15) is 48.8 Å². The van der Waals surface area contributed by atoms with E-state index < -0.39 is 5.54 Å². The van der Waals surface area contributed by atoms with Crippen LogP contribution in [-0.4, -0.2) is 37.6 Å². The molecule has 178 valence electrons. The Morgan fingerprint density at radius 2 is 1.68 bits per heavy atom. The number of nitrogens with two attached hydrogens (primary N) is 1. The summed E-state index contributed by atoms with van der Waals surface area (Å²) in [5.41, 5.74) is 9.28. The number of para-hydroxylation sites is 1. The average Bonchev–Trinajstić information content (AvgIpc) is 3.22. The Kier molecular flexibility index (Phi) is 6.63. The molecule has 1 aromatic heterocycles. The molecular weight excluding hydrogens is 430 g/mol. The smallest absolute Gasteiger partial charge is 0.250 e. The van der Waals surface area contributed by atoms with Crippen LogP contribution in [0.2, 0.25) is 0 Å². The minimum Gasteiger partial charge on any atom is -0.367 e. The topological polar surface area (TPSA) is 119 Å². The number of anilines is 3. The zero-order valence-electron chi connectivity index (χ0n) is 19.9. The summed E-state index contributed by atoms with van der Waals surface area (Å²) in [5, 5.41) is 14.2. The van der Waals surface area contributed by atoms with Gasteiger partial charge in [-0.05, 0) is 67.3 Å². The Balaban J connectivity index is 1.78. The van der Waals surface area contributed by atoms with Crippen LogP contribution in [0.5, 0.6) is 0 Å². The SMILES string of the molecule is Cc1ccc(N(C(=O)Cn2nnnc2N)C2(C(=O)Nc3c(C)cccc3C)CCCCC2)cc1. The number of carbonyl (C=O) groups is 2. The lowest BCUT2D eigenvalue weighted by Crippen LogP contribution is -2.61. The van der Waals surface area contributed by atoms with Crippen LogP contribution in [0.3, 0.4) is 0 Å². The number of aryl methyl sites for hydroxylation is 3. The molecule has 1 aliphatic rings. The summed E-state index contributed by atoms with van der Waals surface area (Å²) in [6, 6.07) is 13.6. The van der Waals surface area contributed by atoms with Gasteiger partial charge in [0.1, 0.15) is 12.1 Å². The molecule has 9 nitrogen and oxygen atoms in total. The maximum Gasteiger partial charge on any atom is 0.250 e. The van der Waals surface area contributed by atoms with E-state index in [0.717, 1.165) is 41.6 Å². The molecule has 2 aromatic carbocycles. The van der Waals surface area contributed by atoms with Crippen molar-refractivity contribution in [3.63, 3.8) is 0 Å². The third-order valence-corrected chi connectivity index (χ3v) is 6.64. The summed E-state index contributed by atoms with van der Waals surface area (Å²) < 4.78 is 1.25. The van der Waals surface area contributed by atoms with Crippen LogP contribution >= 0.6 is 0 Å². The van der Waals surface area contributed by atoms with Crippen LogP contribution in [0, 0.1) is 20.8 Å². The van der Waals surface area contributed by atoms with Crippen molar-refractivity contribution in [2.45, 2.75) is 65.0 Å². The van der Waals surface area contributed by atoms with Crippen molar-refractivity contribution in [2.24, 2.45) is 0 Å². The molecule has 1 heterocycles. The first-order valence-electron chi connectivity index (χ1n) is 11.6. The Hall–Kier alpha value is -3.75. The lowest BCUT2D eigenvalue weighted by molar-refractivity contribution is -0.128.